The Kier molecular flexibility index (Phi) is 6.79. The van der Waals surface area contributed by atoms with Crippen molar-refractivity contribution < 1.29 is 9.53 Å². The van der Waals surface area contributed by atoms with E-state index in [0.717, 1.165) is 19.3 Å². The van der Waals surface area contributed by atoms with Gasteiger partial charge in [-0.2, -0.15) is 0 Å². The van der Waals surface area contributed by atoms with E-state index in [2.05, 4.69) is 6.58 Å². The van der Waals surface area contributed by atoms with Crippen LogP contribution in [0, 0.1) is 0 Å². The van der Waals surface area contributed by atoms with E-state index in [1.807, 2.05) is 13.0 Å². The number of allylic oxidation sites excluding steroid dienone is 1. The van der Waals surface area contributed by atoms with E-state index in [0.29, 0.717) is 13.0 Å². The van der Waals surface area contributed by atoms with Crippen molar-refractivity contribution in [2.24, 2.45) is 0 Å². The maximum Gasteiger partial charge on any atom is 0.305 e. The van der Waals surface area contributed by atoms with Crippen molar-refractivity contribution in [3.05, 3.63) is 12.7 Å². The summed E-state index contributed by atoms with van der Waals surface area (Å²) in [5.74, 6) is -0.0865. The van der Waals surface area contributed by atoms with Crippen molar-refractivity contribution in [3.63, 3.8) is 0 Å². The Balaban J connectivity index is 3.10. The first-order valence-electron chi connectivity index (χ1n) is 4.07. The van der Waals surface area contributed by atoms with Gasteiger partial charge in [-0.3, -0.25) is 4.79 Å². The van der Waals surface area contributed by atoms with E-state index in [1.165, 1.54) is 0 Å². The van der Waals surface area contributed by atoms with Gasteiger partial charge in [-0.15, -0.1) is 6.58 Å². The van der Waals surface area contributed by atoms with Gasteiger partial charge in [0.1, 0.15) is 0 Å². The molecule has 0 saturated carbocycles. The molecule has 0 heterocycles. The van der Waals surface area contributed by atoms with E-state index >= 15 is 0 Å². The second-order valence-corrected chi connectivity index (χ2v) is 2.40. The molecule has 0 rings (SSSR count). The fraction of sp³-hybridized carbons (Fsp3) is 0.667. The number of esters is 1. The highest BCUT2D eigenvalue weighted by molar-refractivity contribution is 5.69. The summed E-state index contributed by atoms with van der Waals surface area (Å²) in [5.41, 5.74) is 0. The molecule has 0 bridgehead atoms. The topological polar surface area (TPSA) is 26.3 Å². The normalized spacial score (nSPS) is 9.18. The smallest absolute Gasteiger partial charge is 0.305 e. The van der Waals surface area contributed by atoms with Gasteiger partial charge in [-0.05, 0) is 19.3 Å². The van der Waals surface area contributed by atoms with Crippen molar-refractivity contribution in [1.29, 1.82) is 0 Å². The number of hydrogen-bond donors (Lipinski definition) is 0. The Morgan fingerprint density at radius 2 is 2.36 bits per heavy atom. The van der Waals surface area contributed by atoms with Gasteiger partial charge in [0, 0.05) is 6.42 Å². The molecule has 0 aliphatic heterocycles. The molecule has 0 saturated heterocycles. The average Bonchev–Trinajstić information content (AvgIpc) is 1.99. The van der Waals surface area contributed by atoms with Crippen molar-refractivity contribution in [3.8, 4) is 0 Å². The number of ether oxygens (including phenoxy) is 1. The van der Waals surface area contributed by atoms with Gasteiger partial charge in [0.25, 0.3) is 0 Å². The third-order valence-corrected chi connectivity index (χ3v) is 1.27. The molecule has 0 spiro atoms. The molecule has 0 unspecified atom stereocenters. The van der Waals surface area contributed by atoms with Crippen molar-refractivity contribution >= 4 is 5.97 Å². The summed E-state index contributed by atoms with van der Waals surface area (Å²) in [7, 11) is 0. The zero-order chi connectivity index (χ0) is 8.53. The third kappa shape index (κ3) is 7.10. The van der Waals surface area contributed by atoms with Crippen LogP contribution in [-0.2, 0) is 9.53 Å². The summed E-state index contributed by atoms with van der Waals surface area (Å²) in [6.07, 6.45) is 5.03. The Hall–Kier alpha value is -0.790. The second-order valence-electron chi connectivity index (χ2n) is 2.40. The number of unbranched alkanes of at least 4 members (excludes halogenated alkanes) is 1. The van der Waals surface area contributed by atoms with Gasteiger partial charge in [0.15, 0.2) is 0 Å². The Morgan fingerprint density at radius 1 is 1.64 bits per heavy atom. The maximum atomic E-state index is 10.8. The molecular weight excluding hydrogens is 140 g/mol. The van der Waals surface area contributed by atoms with E-state index in [1.54, 1.807) is 0 Å². The standard InChI is InChI=1S/C9H16O2/c1-3-5-6-8-11-9(10)7-4-2/h3H,1,4-8H2,2H3. The molecule has 0 aliphatic carbocycles. The summed E-state index contributed by atoms with van der Waals surface area (Å²) >= 11 is 0. The van der Waals surface area contributed by atoms with Crippen LogP contribution in [0.2, 0.25) is 0 Å². The van der Waals surface area contributed by atoms with Gasteiger partial charge in [-0.25, -0.2) is 0 Å². The summed E-state index contributed by atoms with van der Waals surface area (Å²) in [5, 5.41) is 0. The van der Waals surface area contributed by atoms with E-state index in [-0.39, 0.29) is 5.97 Å². The van der Waals surface area contributed by atoms with Gasteiger partial charge < -0.3 is 4.74 Å². The Morgan fingerprint density at radius 3 is 2.91 bits per heavy atom. The zero-order valence-corrected chi connectivity index (χ0v) is 7.14. The van der Waals surface area contributed by atoms with Crippen molar-refractivity contribution in [2.75, 3.05) is 6.61 Å². The summed E-state index contributed by atoms with van der Waals surface area (Å²) < 4.78 is 4.90. The number of rotatable bonds is 6. The summed E-state index contributed by atoms with van der Waals surface area (Å²) in [6, 6.07) is 0. The highest BCUT2D eigenvalue weighted by atomic mass is 16.5. The minimum Gasteiger partial charge on any atom is -0.466 e. The number of carbonyl (C=O) groups is 1. The van der Waals surface area contributed by atoms with Crippen molar-refractivity contribution in [2.45, 2.75) is 32.6 Å². The van der Waals surface area contributed by atoms with Crippen molar-refractivity contribution in [1.82, 2.24) is 0 Å². The molecule has 0 aromatic carbocycles. The lowest BCUT2D eigenvalue weighted by atomic mass is 10.3. The summed E-state index contributed by atoms with van der Waals surface area (Å²) in [4.78, 5) is 10.8. The maximum absolute atomic E-state index is 10.8. The van der Waals surface area contributed by atoms with Crippen LogP contribution in [0.1, 0.15) is 32.6 Å². The van der Waals surface area contributed by atoms with Crippen LogP contribution in [0.25, 0.3) is 0 Å². The lowest BCUT2D eigenvalue weighted by molar-refractivity contribution is -0.143. The number of hydrogen-bond acceptors (Lipinski definition) is 2. The molecule has 0 aliphatic rings. The first kappa shape index (κ1) is 10.2. The van der Waals surface area contributed by atoms with Crippen LogP contribution in [-0.4, -0.2) is 12.6 Å². The molecule has 0 amide bonds. The van der Waals surface area contributed by atoms with Crippen LogP contribution in [0.15, 0.2) is 12.7 Å². The molecule has 0 aromatic heterocycles. The monoisotopic (exact) mass is 156 g/mol. The molecule has 64 valence electrons. The molecule has 2 nitrogen and oxygen atoms in total. The third-order valence-electron chi connectivity index (χ3n) is 1.27. The molecule has 0 aromatic rings. The highest BCUT2D eigenvalue weighted by Gasteiger charge is 1.98. The van der Waals surface area contributed by atoms with E-state index in [9.17, 15) is 4.79 Å². The van der Waals surface area contributed by atoms with Gasteiger partial charge in [0.2, 0.25) is 0 Å². The molecule has 0 atom stereocenters. The van der Waals surface area contributed by atoms with E-state index < -0.39 is 0 Å². The summed E-state index contributed by atoms with van der Waals surface area (Å²) in [6.45, 7) is 6.07. The molecule has 0 N–H and O–H groups in total. The first-order valence-corrected chi connectivity index (χ1v) is 4.07. The number of carbonyl (C=O) groups excluding carboxylic acids is 1. The Bertz CT molecular complexity index is 119. The minimum absolute atomic E-state index is 0.0865. The molecule has 0 radical (unpaired) electrons. The molecular formula is C9H16O2. The van der Waals surface area contributed by atoms with Crippen LogP contribution in [0.3, 0.4) is 0 Å². The lowest BCUT2D eigenvalue weighted by Gasteiger charge is -2.01. The predicted octanol–water partition coefficient (Wildman–Crippen LogP) is 2.30. The second kappa shape index (κ2) is 7.32. The Labute approximate surface area is 68.2 Å². The fourth-order valence-corrected chi connectivity index (χ4v) is 0.690. The molecule has 11 heavy (non-hydrogen) atoms. The van der Waals surface area contributed by atoms with Crippen LogP contribution in [0.5, 0.6) is 0 Å². The van der Waals surface area contributed by atoms with Gasteiger partial charge >= 0.3 is 5.97 Å². The van der Waals surface area contributed by atoms with Gasteiger partial charge in [-0.1, -0.05) is 13.0 Å². The van der Waals surface area contributed by atoms with Crippen LogP contribution < -0.4 is 0 Å². The fourth-order valence-electron chi connectivity index (χ4n) is 0.690. The minimum atomic E-state index is -0.0865. The SMILES string of the molecule is C=CCCCOC(=O)CCC. The van der Waals surface area contributed by atoms with E-state index in [4.69, 9.17) is 4.74 Å². The predicted molar refractivity (Wildman–Crippen MR) is 45.3 cm³/mol. The van der Waals surface area contributed by atoms with Gasteiger partial charge in [0.05, 0.1) is 6.61 Å². The quantitative estimate of drug-likeness (QED) is 0.335. The first-order chi connectivity index (χ1) is 5.31. The van der Waals surface area contributed by atoms with Crippen LogP contribution >= 0.6 is 0 Å². The molecule has 2 heteroatoms. The van der Waals surface area contributed by atoms with Crippen LogP contribution in [0.4, 0.5) is 0 Å². The average molecular weight is 156 g/mol. The molecule has 0 fully saturated rings. The highest BCUT2D eigenvalue weighted by Crippen LogP contribution is 1.94. The zero-order valence-electron chi connectivity index (χ0n) is 7.14. The lowest BCUT2D eigenvalue weighted by Crippen LogP contribution is -2.04. The largest absolute Gasteiger partial charge is 0.466 e.